The first kappa shape index (κ1) is 21.9. The van der Waals surface area contributed by atoms with E-state index in [1.54, 1.807) is 7.05 Å². The van der Waals surface area contributed by atoms with E-state index in [1.165, 1.54) is 0 Å². The van der Waals surface area contributed by atoms with Crippen LogP contribution in [0, 0.1) is 5.92 Å². The van der Waals surface area contributed by atoms with Gasteiger partial charge in [-0.2, -0.15) is 0 Å². The third-order valence-corrected chi connectivity index (χ3v) is 6.24. The zero-order valence-electron chi connectivity index (χ0n) is 16.6. The van der Waals surface area contributed by atoms with Crippen molar-refractivity contribution in [2.24, 2.45) is 10.9 Å². The van der Waals surface area contributed by atoms with Crippen LogP contribution in [-0.2, 0) is 15.6 Å². The summed E-state index contributed by atoms with van der Waals surface area (Å²) in [5.41, 5.74) is 0. The second-order valence-electron chi connectivity index (χ2n) is 8.03. The molecule has 3 unspecified atom stereocenters. The summed E-state index contributed by atoms with van der Waals surface area (Å²) in [7, 11) is 0.860. The van der Waals surface area contributed by atoms with Crippen LogP contribution in [0.5, 0.6) is 0 Å². The fourth-order valence-electron chi connectivity index (χ4n) is 2.92. The number of nitrogens with zero attached hydrogens (tertiary/aromatic N) is 1. The van der Waals surface area contributed by atoms with Crippen molar-refractivity contribution in [1.82, 2.24) is 16.0 Å². The van der Waals surface area contributed by atoms with E-state index in [1.807, 2.05) is 34.6 Å². The topological polar surface area (TPSA) is 82.6 Å². The molecule has 0 bridgehead atoms. The minimum atomic E-state index is -0.878. The summed E-state index contributed by atoms with van der Waals surface area (Å²) in [4.78, 5) is 16.5. The lowest BCUT2D eigenvalue weighted by Gasteiger charge is -2.30. The van der Waals surface area contributed by atoms with E-state index >= 15 is 0 Å². The number of rotatable bonds is 6. The Morgan fingerprint density at radius 3 is 2.52 bits per heavy atom. The molecule has 7 heteroatoms. The van der Waals surface area contributed by atoms with Gasteiger partial charge in [0, 0.05) is 52.9 Å². The molecule has 3 atom stereocenters. The highest BCUT2D eigenvalue weighted by Crippen LogP contribution is 2.24. The Morgan fingerprint density at radius 2 is 1.96 bits per heavy atom. The third kappa shape index (κ3) is 8.21. The standard InChI is InChI=1S/C18H36N4O2S/c1-13(2)21-16(23)14-8-7-9-15(12-14)22-17(19-6)20-10-11-25(24)18(3,4)5/h13-15H,7-12H2,1-6H3,(H,21,23)(H2,19,20,22). The molecule has 0 saturated heterocycles. The van der Waals surface area contributed by atoms with Gasteiger partial charge in [-0.25, -0.2) is 0 Å². The van der Waals surface area contributed by atoms with Gasteiger partial charge in [0.1, 0.15) is 0 Å². The molecule has 0 aromatic carbocycles. The van der Waals surface area contributed by atoms with Crippen LogP contribution in [0.25, 0.3) is 0 Å². The van der Waals surface area contributed by atoms with E-state index in [2.05, 4.69) is 20.9 Å². The monoisotopic (exact) mass is 372 g/mol. The summed E-state index contributed by atoms with van der Waals surface area (Å²) in [6, 6.07) is 0.426. The lowest BCUT2D eigenvalue weighted by molar-refractivity contribution is -0.126. The summed E-state index contributed by atoms with van der Waals surface area (Å²) in [5, 5.41) is 9.67. The van der Waals surface area contributed by atoms with Crippen LogP contribution in [-0.4, -0.2) is 52.3 Å². The molecular formula is C18H36N4O2S. The van der Waals surface area contributed by atoms with Crippen molar-refractivity contribution < 1.29 is 9.00 Å². The van der Waals surface area contributed by atoms with Crippen LogP contribution in [0.2, 0.25) is 0 Å². The maximum Gasteiger partial charge on any atom is 0.223 e. The second-order valence-corrected chi connectivity index (χ2v) is 10.4. The number of nitrogens with one attached hydrogen (secondary N) is 3. The van der Waals surface area contributed by atoms with Crippen LogP contribution in [0.15, 0.2) is 4.99 Å². The first-order valence-corrected chi connectivity index (χ1v) is 10.6. The number of hydrogen-bond acceptors (Lipinski definition) is 3. The number of carbonyl (C=O) groups is 1. The van der Waals surface area contributed by atoms with Gasteiger partial charge in [-0.1, -0.05) is 6.42 Å². The van der Waals surface area contributed by atoms with E-state index < -0.39 is 10.8 Å². The predicted molar refractivity (Wildman–Crippen MR) is 106 cm³/mol. The number of hydrogen-bond donors (Lipinski definition) is 3. The number of guanidine groups is 1. The Balaban J connectivity index is 2.44. The maximum atomic E-state index is 12.2. The van der Waals surface area contributed by atoms with Crippen LogP contribution in [0.4, 0.5) is 0 Å². The van der Waals surface area contributed by atoms with Crippen LogP contribution < -0.4 is 16.0 Å². The van der Waals surface area contributed by atoms with Gasteiger partial charge in [0.05, 0.1) is 0 Å². The van der Waals surface area contributed by atoms with Crippen molar-refractivity contribution >= 4 is 22.7 Å². The molecule has 0 spiro atoms. The summed E-state index contributed by atoms with van der Waals surface area (Å²) in [5.74, 6) is 1.54. The molecule has 1 rings (SSSR count). The zero-order valence-corrected chi connectivity index (χ0v) is 17.5. The SMILES string of the molecule is CN=C(NCCS(=O)C(C)(C)C)NC1CCCC(C(=O)NC(C)C)C1. The minimum Gasteiger partial charge on any atom is -0.355 e. The molecule has 0 aromatic rings. The molecule has 0 aromatic heterocycles. The van der Waals surface area contributed by atoms with Gasteiger partial charge in [0.25, 0.3) is 0 Å². The highest BCUT2D eigenvalue weighted by molar-refractivity contribution is 7.86. The molecule has 0 radical (unpaired) electrons. The van der Waals surface area contributed by atoms with E-state index in [4.69, 9.17) is 0 Å². The average Bonchev–Trinajstić information content (AvgIpc) is 2.52. The lowest BCUT2D eigenvalue weighted by Crippen LogP contribution is -2.48. The average molecular weight is 373 g/mol. The van der Waals surface area contributed by atoms with Gasteiger partial charge in [-0.05, 0) is 53.9 Å². The third-order valence-electron chi connectivity index (χ3n) is 4.30. The van der Waals surface area contributed by atoms with Crippen molar-refractivity contribution in [2.45, 2.75) is 77.1 Å². The summed E-state index contributed by atoms with van der Waals surface area (Å²) in [6.45, 7) is 10.6. The molecule has 146 valence electrons. The minimum absolute atomic E-state index is 0.0696. The van der Waals surface area contributed by atoms with Gasteiger partial charge >= 0.3 is 0 Å². The molecule has 0 aliphatic heterocycles. The summed E-state index contributed by atoms with van der Waals surface area (Å²) < 4.78 is 11.9. The van der Waals surface area contributed by atoms with Gasteiger partial charge in [0.2, 0.25) is 5.91 Å². The summed E-state index contributed by atoms with van der Waals surface area (Å²) >= 11 is 0. The zero-order chi connectivity index (χ0) is 19.0. The Bertz CT molecular complexity index is 486. The molecule has 1 fully saturated rings. The maximum absolute atomic E-state index is 12.2. The highest BCUT2D eigenvalue weighted by atomic mass is 32.2. The van der Waals surface area contributed by atoms with E-state index in [9.17, 15) is 9.00 Å². The summed E-state index contributed by atoms with van der Waals surface area (Å²) in [6.07, 6.45) is 3.86. The number of carbonyl (C=O) groups excluding carboxylic acids is 1. The normalized spacial score (nSPS) is 23.2. The molecule has 25 heavy (non-hydrogen) atoms. The first-order valence-electron chi connectivity index (χ1n) is 9.29. The molecule has 6 nitrogen and oxygen atoms in total. The first-order chi connectivity index (χ1) is 11.6. The van der Waals surface area contributed by atoms with Gasteiger partial charge < -0.3 is 16.0 Å². The van der Waals surface area contributed by atoms with Crippen LogP contribution >= 0.6 is 0 Å². The fraction of sp³-hybridized carbons (Fsp3) is 0.889. The molecule has 1 aliphatic carbocycles. The smallest absolute Gasteiger partial charge is 0.223 e. The molecule has 1 saturated carbocycles. The van der Waals surface area contributed by atoms with Gasteiger partial charge in [-0.3, -0.25) is 14.0 Å². The molecular weight excluding hydrogens is 336 g/mol. The molecule has 1 aliphatic rings. The fourth-order valence-corrected chi connectivity index (χ4v) is 3.82. The van der Waals surface area contributed by atoms with Crippen molar-refractivity contribution in [1.29, 1.82) is 0 Å². The predicted octanol–water partition coefficient (Wildman–Crippen LogP) is 1.78. The van der Waals surface area contributed by atoms with Crippen LogP contribution in [0.3, 0.4) is 0 Å². The Kier molecular flexibility index (Phi) is 8.89. The Labute approximate surface area is 155 Å². The van der Waals surface area contributed by atoms with Crippen molar-refractivity contribution in [2.75, 3.05) is 19.3 Å². The largest absolute Gasteiger partial charge is 0.355 e. The van der Waals surface area contributed by atoms with Crippen molar-refractivity contribution in [3.05, 3.63) is 0 Å². The van der Waals surface area contributed by atoms with E-state index in [0.29, 0.717) is 12.3 Å². The quantitative estimate of drug-likeness (QED) is 0.490. The van der Waals surface area contributed by atoms with Gasteiger partial charge in [0.15, 0.2) is 5.96 Å². The molecule has 0 heterocycles. The number of amides is 1. The number of aliphatic imine (C=N–C) groups is 1. The van der Waals surface area contributed by atoms with Crippen molar-refractivity contribution in [3.63, 3.8) is 0 Å². The Morgan fingerprint density at radius 1 is 1.28 bits per heavy atom. The Hall–Kier alpha value is -1.11. The van der Waals surface area contributed by atoms with E-state index in [-0.39, 0.29) is 28.7 Å². The second kappa shape index (κ2) is 10.1. The lowest BCUT2D eigenvalue weighted by atomic mass is 9.85. The molecule has 1 amide bonds. The molecule has 3 N–H and O–H groups in total. The highest BCUT2D eigenvalue weighted by Gasteiger charge is 2.28. The van der Waals surface area contributed by atoms with E-state index in [0.717, 1.165) is 31.6 Å². The van der Waals surface area contributed by atoms with Crippen molar-refractivity contribution in [3.8, 4) is 0 Å². The van der Waals surface area contributed by atoms with Crippen LogP contribution in [0.1, 0.15) is 60.3 Å². The van der Waals surface area contributed by atoms with Gasteiger partial charge in [-0.15, -0.1) is 0 Å².